The van der Waals surface area contributed by atoms with E-state index in [2.05, 4.69) is 159 Å². The van der Waals surface area contributed by atoms with E-state index in [9.17, 15) is 0 Å². The predicted molar refractivity (Wildman–Crippen MR) is 206 cm³/mol. The highest BCUT2D eigenvalue weighted by Crippen LogP contribution is 2.57. The maximum absolute atomic E-state index is 5.19. The van der Waals surface area contributed by atoms with Crippen LogP contribution < -0.4 is 0 Å². The fourth-order valence-electron chi connectivity index (χ4n) is 8.41. The fourth-order valence-corrected chi connectivity index (χ4v) is 8.41. The number of hydrogen-bond donors (Lipinski definition) is 0. The molecule has 0 fully saturated rings. The van der Waals surface area contributed by atoms with Crippen molar-refractivity contribution in [3.63, 3.8) is 0 Å². The Morgan fingerprint density at radius 3 is 1.71 bits per heavy atom. The van der Waals surface area contributed by atoms with E-state index in [-0.39, 0.29) is 5.41 Å². The van der Waals surface area contributed by atoms with Gasteiger partial charge in [-0.25, -0.2) is 9.97 Å². The predicted octanol–water partition coefficient (Wildman–Crippen LogP) is 12.4. The van der Waals surface area contributed by atoms with Crippen molar-refractivity contribution in [3.8, 4) is 44.9 Å². The molecule has 1 aliphatic carbocycles. The van der Waals surface area contributed by atoms with Gasteiger partial charge in [0.05, 0.1) is 11.2 Å². The summed E-state index contributed by atoms with van der Waals surface area (Å²) >= 11 is 0. The molecule has 2 nitrogen and oxygen atoms in total. The van der Waals surface area contributed by atoms with Gasteiger partial charge in [0.25, 0.3) is 0 Å². The molecule has 8 aromatic carbocycles. The monoisotopic (exact) mass is 624 g/mol. The van der Waals surface area contributed by atoms with Crippen LogP contribution in [0.4, 0.5) is 0 Å². The molecule has 0 saturated heterocycles. The van der Waals surface area contributed by atoms with Crippen LogP contribution in [-0.2, 0) is 5.41 Å². The molecule has 1 aromatic heterocycles. The summed E-state index contributed by atoms with van der Waals surface area (Å²) in [6.07, 6.45) is 0. The molecule has 49 heavy (non-hydrogen) atoms. The molecule has 0 spiro atoms. The Bertz CT molecular complexity index is 2790. The SMILES string of the molecule is CC1(C)c2cc(-c3cccc(-c4nc(-c5ccccc5)c5ccccc5n4)c3)c3ccccc3c2-c2c1c1ccccc1c1ccccc21. The Labute approximate surface area is 285 Å². The van der Waals surface area contributed by atoms with E-state index < -0.39 is 0 Å². The summed E-state index contributed by atoms with van der Waals surface area (Å²) in [5, 5.41) is 8.90. The first-order chi connectivity index (χ1) is 24.1. The summed E-state index contributed by atoms with van der Waals surface area (Å²) in [7, 11) is 0. The molecule has 0 radical (unpaired) electrons. The Balaban J connectivity index is 1.22. The van der Waals surface area contributed by atoms with E-state index in [0.717, 1.165) is 39.1 Å². The van der Waals surface area contributed by atoms with Gasteiger partial charge in [0.2, 0.25) is 0 Å². The first-order valence-electron chi connectivity index (χ1n) is 17.0. The molecule has 0 saturated carbocycles. The van der Waals surface area contributed by atoms with Crippen LogP contribution in [0.3, 0.4) is 0 Å². The van der Waals surface area contributed by atoms with E-state index >= 15 is 0 Å². The third kappa shape index (κ3) is 4.07. The van der Waals surface area contributed by atoms with Crippen LogP contribution in [0.1, 0.15) is 25.0 Å². The molecular formula is C47H32N2. The molecule has 2 heteroatoms. The number of nitrogens with zero attached hydrogens (tertiary/aromatic N) is 2. The average molecular weight is 625 g/mol. The minimum absolute atomic E-state index is 0.198. The van der Waals surface area contributed by atoms with Crippen molar-refractivity contribution in [2.75, 3.05) is 0 Å². The van der Waals surface area contributed by atoms with Gasteiger partial charge in [-0.2, -0.15) is 0 Å². The van der Waals surface area contributed by atoms with Crippen LogP contribution in [0.25, 0.3) is 88.1 Å². The minimum Gasteiger partial charge on any atom is -0.228 e. The molecule has 1 aliphatic rings. The van der Waals surface area contributed by atoms with Crippen LogP contribution in [-0.4, -0.2) is 9.97 Å². The lowest BCUT2D eigenvalue weighted by molar-refractivity contribution is 0.667. The van der Waals surface area contributed by atoms with Gasteiger partial charge in [0.15, 0.2) is 5.82 Å². The Morgan fingerprint density at radius 1 is 0.408 bits per heavy atom. The second-order valence-electron chi connectivity index (χ2n) is 13.7. The first kappa shape index (κ1) is 27.9. The molecule has 0 N–H and O–H groups in total. The Morgan fingerprint density at radius 2 is 0.959 bits per heavy atom. The Hall–Kier alpha value is -6.12. The summed E-state index contributed by atoms with van der Waals surface area (Å²) < 4.78 is 0. The van der Waals surface area contributed by atoms with Crippen LogP contribution in [0.5, 0.6) is 0 Å². The van der Waals surface area contributed by atoms with Gasteiger partial charge >= 0.3 is 0 Å². The molecule has 9 aromatic rings. The second kappa shape index (κ2) is 10.4. The van der Waals surface area contributed by atoms with Crippen molar-refractivity contribution in [2.45, 2.75) is 19.3 Å². The standard InChI is InChI=1S/C47H32N2/c1-47(2)40-28-39(30-17-14-18-31(27-30)46-48-41-26-13-12-25-38(41)45(49-46)29-15-4-3-5-16-29)34-21-7-9-22-35(34)42(40)43-36-23-10-6-19-32(36)33-20-8-11-24-37(33)44(43)47/h3-28H,1-2H3. The summed E-state index contributed by atoms with van der Waals surface area (Å²) in [5.41, 5.74) is 11.7. The summed E-state index contributed by atoms with van der Waals surface area (Å²) in [6.45, 7) is 4.81. The van der Waals surface area contributed by atoms with Gasteiger partial charge in [-0.05, 0) is 83.9 Å². The number of hydrogen-bond acceptors (Lipinski definition) is 2. The lowest BCUT2D eigenvalue weighted by atomic mass is 9.78. The van der Waals surface area contributed by atoms with Crippen molar-refractivity contribution >= 4 is 43.2 Å². The van der Waals surface area contributed by atoms with Crippen LogP contribution in [0, 0.1) is 0 Å². The van der Waals surface area contributed by atoms with Gasteiger partial charge in [0, 0.05) is 21.9 Å². The molecule has 0 unspecified atom stereocenters. The molecule has 10 rings (SSSR count). The third-order valence-electron chi connectivity index (χ3n) is 10.6. The first-order valence-corrected chi connectivity index (χ1v) is 17.0. The normalized spacial score (nSPS) is 13.3. The summed E-state index contributed by atoms with van der Waals surface area (Å²) in [4.78, 5) is 10.3. The van der Waals surface area contributed by atoms with Gasteiger partial charge in [-0.1, -0.05) is 153 Å². The van der Waals surface area contributed by atoms with Crippen molar-refractivity contribution in [1.82, 2.24) is 9.97 Å². The largest absolute Gasteiger partial charge is 0.228 e. The average Bonchev–Trinajstić information content (AvgIpc) is 3.41. The van der Waals surface area contributed by atoms with Crippen molar-refractivity contribution in [3.05, 3.63) is 169 Å². The van der Waals surface area contributed by atoms with Crippen molar-refractivity contribution in [1.29, 1.82) is 0 Å². The summed E-state index contributed by atoms with van der Waals surface area (Å²) in [5.74, 6) is 0.732. The summed E-state index contributed by atoms with van der Waals surface area (Å²) in [6, 6.07) is 56.8. The van der Waals surface area contributed by atoms with Crippen molar-refractivity contribution in [2.24, 2.45) is 0 Å². The molecule has 230 valence electrons. The van der Waals surface area contributed by atoms with Crippen LogP contribution >= 0.6 is 0 Å². The highest BCUT2D eigenvalue weighted by Gasteiger charge is 2.40. The van der Waals surface area contributed by atoms with Crippen LogP contribution in [0.15, 0.2) is 158 Å². The zero-order chi connectivity index (χ0) is 32.7. The molecule has 0 bridgehead atoms. The maximum atomic E-state index is 5.19. The Kier molecular flexibility index (Phi) is 5.95. The number of benzene rings is 8. The zero-order valence-corrected chi connectivity index (χ0v) is 27.4. The molecule has 0 aliphatic heterocycles. The fraction of sp³-hybridized carbons (Fsp3) is 0.0638. The molecule has 0 atom stereocenters. The second-order valence-corrected chi connectivity index (χ2v) is 13.7. The zero-order valence-electron chi connectivity index (χ0n) is 27.4. The number of rotatable bonds is 3. The molecular weight excluding hydrogens is 593 g/mol. The third-order valence-corrected chi connectivity index (χ3v) is 10.6. The lowest BCUT2D eigenvalue weighted by Crippen LogP contribution is -2.16. The van der Waals surface area contributed by atoms with E-state index in [0.29, 0.717) is 0 Å². The van der Waals surface area contributed by atoms with Gasteiger partial charge < -0.3 is 0 Å². The number of para-hydroxylation sites is 1. The quantitative estimate of drug-likeness (QED) is 0.183. The van der Waals surface area contributed by atoms with E-state index in [4.69, 9.17) is 9.97 Å². The molecule has 0 amide bonds. The van der Waals surface area contributed by atoms with E-state index in [1.54, 1.807) is 0 Å². The smallest absolute Gasteiger partial charge is 0.160 e. The van der Waals surface area contributed by atoms with Gasteiger partial charge in [-0.3, -0.25) is 0 Å². The highest BCUT2D eigenvalue weighted by molar-refractivity contribution is 6.22. The maximum Gasteiger partial charge on any atom is 0.160 e. The van der Waals surface area contributed by atoms with Gasteiger partial charge in [0.1, 0.15) is 0 Å². The topological polar surface area (TPSA) is 25.8 Å². The number of aromatic nitrogens is 2. The van der Waals surface area contributed by atoms with E-state index in [1.807, 2.05) is 12.1 Å². The van der Waals surface area contributed by atoms with Crippen molar-refractivity contribution < 1.29 is 0 Å². The lowest BCUT2D eigenvalue weighted by Gasteiger charge is -2.25. The minimum atomic E-state index is -0.198. The van der Waals surface area contributed by atoms with E-state index in [1.165, 1.54) is 60.1 Å². The van der Waals surface area contributed by atoms with Crippen LogP contribution in [0.2, 0.25) is 0 Å². The highest BCUT2D eigenvalue weighted by atomic mass is 14.9. The molecule has 1 heterocycles. The number of fused-ring (bicyclic) bond motifs is 11. The van der Waals surface area contributed by atoms with Gasteiger partial charge in [-0.15, -0.1) is 0 Å².